The Balaban J connectivity index is 1.61. The van der Waals surface area contributed by atoms with Gasteiger partial charge in [-0.3, -0.25) is 18.7 Å². The highest BCUT2D eigenvalue weighted by Gasteiger charge is 2.19. The van der Waals surface area contributed by atoms with Crippen LogP contribution in [0.4, 0.5) is 5.69 Å². The second-order valence-electron chi connectivity index (χ2n) is 6.88. The smallest absolute Gasteiger partial charge is 0.325 e. The Bertz CT molecular complexity index is 1390. The number of fused-ring (bicyclic) bond motifs is 2. The second-order valence-corrected chi connectivity index (χ2v) is 7.82. The van der Waals surface area contributed by atoms with E-state index in [2.05, 4.69) is 10.3 Å². The average molecular weight is 423 g/mol. The van der Waals surface area contributed by atoms with Gasteiger partial charge in [0, 0.05) is 31.7 Å². The topological polar surface area (TPSA) is 90.9 Å². The van der Waals surface area contributed by atoms with Gasteiger partial charge in [-0.1, -0.05) is 48.2 Å². The zero-order valence-corrected chi connectivity index (χ0v) is 17.7. The summed E-state index contributed by atoms with van der Waals surface area (Å²) in [5.74, 6) is -0.0475. The zero-order chi connectivity index (χ0) is 21.4. The van der Waals surface area contributed by atoms with E-state index in [0.717, 1.165) is 21.0 Å². The molecule has 4 aromatic rings. The lowest BCUT2D eigenvalue weighted by Gasteiger charge is -2.09. The van der Waals surface area contributed by atoms with Gasteiger partial charge < -0.3 is 9.88 Å². The highest BCUT2D eigenvalue weighted by molar-refractivity contribution is 7.99. The summed E-state index contributed by atoms with van der Waals surface area (Å²) >= 11 is 1.24. The zero-order valence-electron chi connectivity index (χ0n) is 16.9. The Morgan fingerprint density at radius 2 is 1.80 bits per heavy atom. The molecule has 2 aromatic carbocycles. The highest BCUT2D eigenvalue weighted by Crippen LogP contribution is 2.25. The van der Waals surface area contributed by atoms with Crippen LogP contribution in [0.5, 0.6) is 0 Å². The third kappa shape index (κ3) is 3.30. The van der Waals surface area contributed by atoms with Crippen molar-refractivity contribution < 1.29 is 4.79 Å². The van der Waals surface area contributed by atoms with E-state index in [1.54, 1.807) is 11.6 Å². The molecule has 1 N–H and O–H groups in total. The molecule has 0 saturated carbocycles. The molecule has 2 heterocycles. The molecule has 0 fully saturated rings. The van der Waals surface area contributed by atoms with Gasteiger partial charge in [-0.2, -0.15) is 0 Å². The molecule has 0 unspecified atom stereocenters. The van der Waals surface area contributed by atoms with E-state index in [9.17, 15) is 14.4 Å². The first-order chi connectivity index (χ1) is 14.4. The number of anilines is 1. The summed E-state index contributed by atoms with van der Waals surface area (Å²) in [6, 6.07) is 13.6. The number of aromatic nitrogens is 4. The number of thioether (sulfide) groups is 1. The molecule has 8 nitrogen and oxygen atoms in total. The molecule has 9 heteroatoms. The number of aryl methyl sites for hydroxylation is 2. The fourth-order valence-electron chi connectivity index (χ4n) is 3.48. The van der Waals surface area contributed by atoms with Crippen molar-refractivity contribution in [2.45, 2.75) is 18.6 Å². The maximum Gasteiger partial charge on any atom is 0.332 e. The summed E-state index contributed by atoms with van der Waals surface area (Å²) in [5.41, 5.74) is 0.605. The van der Waals surface area contributed by atoms with E-state index >= 15 is 0 Å². The normalized spacial score (nSPS) is 11.3. The van der Waals surface area contributed by atoms with Gasteiger partial charge in [0.15, 0.2) is 16.3 Å². The summed E-state index contributed by atoms with van der Waals surface area (Å²) < 4.78 is 4.16. The minimum atomic E-state index is -0.432. The predicted molar refractivity (Wildman–Crippen MR) is 119 cm³/mol. The van der Waals surface area contributed by atoms with Crippen molar-refractivity contribution in [3.8, 4) is 0 Å². The molecular formula is C21H21N5O3S. The molecular weight excluding hydrogens is 402 g/mol. The van der Waals surface area contributed by atoms with Crippen molar-refractivity contribution in [3.63, 3.8) is 0 Å². The number of carbonyl (C=O) groups is 1. The van der Waals surface area contributed by atoms with Gasteiger partial charge >= 0.3 is 5.69 Å². The first-order valence-electron chi connectivity index (χ1n) is 9.49. The van der Waals surface area contributed by atoms with Crippen LogP contribution in [-0.2, 0) is 25.4 Å². The van der Waals surface area contributed by atoms with Crippen LogP contribution >= 0.6 is 11.8 Å². The third-order valence-electron chi connectivity index (χ3n) is 5.03. The highest BCUT2D eigenvalue weighted by atomic mass is 32.2. The molecule has 154 valence electrons. The van der Waals surface area contributed by atoms with Crippen LogP contribution < -0.4 is 16.6 Å². The largest absolute Gasteiger partial charge is 0.332 e. The maximum atomic E-state index is 12.6. The number of hydrogen-bond donors (Lipinski definition) is 1. The minimum Gasteiger partial charge on any atom is -0.325 e. The molecule has 0 aliphatic carbocycles. The number of nitrogens with zero attached hydrogens (tertiary/aromatic N) is 4. The van der Waals surface area contributed by atoms with Gasteiger partial charge in [0.1, 0.15) is 0 Å². The van der Waals surface area contributed by atoms with Crippen LogP contribution in [0.2, 0.25) is 0 Å². The molecule has 0 aliphatic rings. The van der Waals surface area contributed by atoms with E-state index in [-0.39, 0.29) is 11.7 Å². The number of hydrogen-bond acceptors (Lipinski definition) is 5. The Morgan fingerprint density at radius 3 is 2.57 bits per heavy atom. The van der Waals surface area contributed by atoms with E-state index < -0.39 is 11.2 Å². The summed E-state index contributed by atoms with van der Waals surface area (Å²) in [6.45, 7) is 2.39. The number of benzene rings is 2. The molecule has 0 radical (unpaired) electrons. The van der Waals surface area contributed by atoms with Crippen molar-refractivity contribution >= 4 is 45.3 Å². The first-order valence-corrected chi connectivity index (χ1v) is 10.5. The predicted octanol–water partition coefficient (Wildman–Crippen LogP) is 2.34. The van der Waals surface area contributed by atoms with Gasteiger partial charge in [0.2, 0.25) is 5.91 Å². The molecule has 0 spiro atoms. The standard InChI is InChI=1S/C21H21N5O3S/c1-4-26-17-18(24(2)21(29)25(3)19(17)28)23-20(26)30-12-16(27)22-15-11-7-9-13-8-5-6-10-14(13)15/h5-11H,4,12H2,1-3H3,(H,22,27). The fraction of sp³-hybridized carbons (Fsp3) is 0.238. The molecule has 4 rings (SSSR count). The number of imidazole rings is 1. The molecule has 0 bridgehead atoms. The van der Waals surface area contributed by atoms with Gasteiger partial charge in [-0.05, 0) is 18.4 Å². The summed E-state index contributed by atoms with van der Waals surface area (Å²) in [5, 5.41) is 5.49. The molecule has 0 saturated heterocycles. The molecule has 1 amide bonds. The van der Waals surface area contributed by atoms with E-state index in [0.29, 0.717) is 22.9 Å². The van der Waals surface area contributed by atoms with Crippen LogP contribution in [0, 0.1) is 0 Å². The van der Waals surface area contributed by atoms with Gasteiger partial charge in [-0.25, -0.2) is 9.78 Å². The van der Waals surface area contributed by atoms with Crippen LogP contribution in [0.15, 0.2) is 57.2 Å². The lowest BCUT2D eigenvalue weighted by molar-refractivity contribution is -0.113. The lowest BCUT2D eigenvalue weighted by Crippen LogP contribution is -2.37. The van der Waals surface area contributed by atoms with Crippen LogP contribution in [0.1, 0.15) is 6.92 Å². The maximum absolute atomic E-state index is 12.6. The van der Waals surface area contributed by atoms with Crippen molar-refractivity contribution in [1.82, 2.24) is 18.7 Å². The van der Waals surface area contributed by atoms with E-state index in [1.165, 1.54) is 23.4 Å². The van der Waals surface area contributed by atoms with Gasteiger partial charge in [-0.15, -0.1) is 0 Å². The SMILES string of the molecule is CCn1c(SCC(=O)Nc2cccc3ccccc23)nc2c1c(=O)n(C)c(=O)n2C. The quantitative estimate of drug-likeness (QED) is 0.498. The van der Waals surface area contributed by atoms with Crippen LogP contribution in [-0.4, -0.2) is 30.3 Å². The number of carbonyl (C=O) groups excluding carboxylic acids is 1. The van der Waals surface area contributed by atoms with Gasteiger partial charge in [0.05, 0.1) is 5.75 Å². The second kappa shape index (κ2) is 7.83. The van der Waals surface area contributed by atoms with Crippen molar-refractivity contribution in [2.75, 3.05) is 11.1 Å². The third-order valence-corrected chi connectivity index (χ3v) is 6.00. The van der Waals surface area contributed by atoms with Crippen LogP contribution in [0.25, 0.3) is 21.9 Å². The summed E-state index contributed by atoms with van der Waals surface area (Å²) in [7, 11) is 3.03. The fourth-order valence-corrected chi connectivity index (χ4v) is 4.34. The Hall–Kier alpha value is -3.33. The van der Waals surface area contributed by atoms with Gasteiger partial charge in [0.25, 0.3) is 5.56 Å². The molecule has 30 heavy (non-hydrogen) atoms. The van der Waals surface area contributed by atoms with Crippen molar-refractivity contribution in [2.24, 2.45) is 14.1 Å². The average Bonchev–Trinajstić information content (AvgIpc) is 3.14. The lowest BCUT2D eigenvalue weighted by atomic mass is 10.1. The number of rotatable bonds is 5. The first kappa shape index (κ1) is 20.0. The Labute approximate surface area is 176 Å². The van der Waals surface area contributed by atoms with Crippen molar-refractivity contribution in [3.05, 3.63) is 63.3 Å². The van der Waals surface area contributed by atoms with Crippen LogP contribution in [0.3, 0.4) is 0 Å². The molecule has 0 aliphatic heterocycles. The molecule has 2 aromatic heterocycles. The minimum absolute atomic E-state index is 0.126. The molecule has 0 atom stereocenters. The summed E-state index contributed by atoms with van der Waals surface area (Å²) in [4.78, 5) is 41.9. The Kier molecular flexibility index (Phi) is 5.21. The number of amides is 1. The van der Waals surface area contributed by atoms with E-state index in [4.69, 9.17) is 0 Å². The number of nitrogens with one attached hydrogen (secondary N) is 1. The Morgan fingerprint density at radius 1 is 1.07 bits per heavy atom. The van der Waals surface area contributed by atoms with E-state index in [1.807, 2.05) is 49.4 Å². The van der Waals surface area contributed by atoms with Crippen molar-refractivity contribution in [1.29, 1.82) is 0 Å². The monoisotopic (exact) mass is 423 g/mol. The summed E-state index contributed by atoms with van der Waals surface area (Å²) in [6.07, 6.45) is 0.